The molecule has 0 N–H and O–H groups in total. The summed E-state index contributed by atoms with van der Waals surface area (Å²) in [6.45, 7) is 0. The summed E-state index contributed by atoms with van der Waals surface area (Å²) >= 11 is 5.98. The molecule has 0 amide bonds. The lowest BCUT2D eigenvalue weighted by atomic mass is 10.0. The van der Waals surface area contributed by atoms with Gasteiger partial charge >= 0.3 is 0 Å². The summed E-state index contributed by atoms with van der Waals surface area (Å²) in [7, 11) is 1.86. The molecule has 0 fully saturated rings. The van der Waals surface area contributed by atoms with Crippen molar-refractivity contribution >= 4 is 28.3 Å². The molecule has 0 aliphatic heterocycles. The zero-order valence-corrected chi connectivity index (χ0v) is 12.2. The second-order valence-electron chi connectivity index (χ2n) is 5.01. The predicted octanol–water partition coefficient (Wildman–Crippen LogP) is 4.40. The summed E-state index contributed by atoms with van der Waals surface area (Å²) in [4.78, 5) is 12.5. The number of hydrogen-bond acceptors (Lipinski definition) is 1. The number of rotatable bonds is 3. The number of hydrogen-bond donors (Lipinski definition) is 0. The minimum absolute atomic E-state index is 0.0500. The molecule has 1 aromatic heterocycles. The summed E-state index contributed by atoms with van der Waals surface area (Å²) in [6, 6.07) is 11.7. The van der Waals surface area contributed by atoms with Gasteiger partial charge < -0.3 is 4.57 Å². The van der Waals surface area contributed by atoms with E-state index in [2.05, 4.69) is 0 Å². The van der Waals surface area contributed by atoms with Crippen LogP contribution in [0.4, 0.5) is 4.39 Å². The van der Waals surface area contributed by atoms with E-state index < -0.39 is 0 Å². The Hall–Kier alpha value is -2.13. The molecule has 2 aromatic carbocycles. The van der Waals surface area contributed by atoms with Crippen LogP contribution in [-0.2, 0) is 13.5 Å². The van der Waals surface area contributed by atoms with Gasteiger partial charge in [-0.05, 0) is 23.8 Å². The minimum atomic E-state index is -0.353. The molecule has 4 heteroatoms. The average Bonchev–Trinajstić information content (AvgIpc) is 2.78. The van der Waals surface area contributed by atoms with Gasteiger partial charge in [0.1, 0.15) is 5.82 Å². The molecule has 0 saturated heterocycles. The van der Waals surface area contributed by atoms with Crippen LogP contribution in [0.2, 0.25) is 5.02 Å². The molecule has 0 aliphatic rings. The van der Waals surface area contributed by atoms with E-state index in [4.69, 9.17) is 11.6 Å². The van der Waals surface area contributed by atoms with Gasteiger partial charge in [0.25, 0.3) is 0 Å². The van der Waals surface area contributed by atoms with E-state index in [-0.39, 0.29) is 18.0 Å². The number of nitrogens with zero attached hydrogens (tertiary/aromatic N) is 1. The first-order valence-electron chi connectivity index (χ1n) is 6.57. The van der Waals surface area contributed by atoms with Crippen molar-refractivity contribution < 1.29 is 9.18 Å². The molecule has 21 heavy (non-hydrogen) atoms. The molecule has 0 atom stereocenters. The molecule has 2 nitrogen and oxygen atoms in total. The molecule has 0 unspecified atom stereocenters. The Morgan fingerprint density at radius 3 is 2.76 bits per heavy atom. The first-order valence-corrected chi connectivity index (χ1v) is 6.95. The first kappa shape index (κ1) is 13.8. The molecular weight excluding hydrogens is 289 g/mol. The number of aromatic nitrogens is 1. The van der Waals surface area contributed by atoms with Crippen LogP contribution in [0.3, 0.4) is 0 Å². The predicted molar refractivity (Wildman–Crippen MR) is 82.4 cm³/mol. The third-order valence-electron chi connectivity index (χ3n) is 3.56. The molecule has 1 heterocycles. The summed E-state index contributed by atoms with van der Waals surface area (Å²) in [5.41, 5.74) is 1.89. The molecule has 0 saturated carbocycles. The topological polar surface area (TPSA) is 22.0 Å². The maximum Gasteiger partial charge on any atom is 0.169 e. The highest BCUT2D eigenvalue weighted by molar-refractivity contribution is 6.31. The molecule has 0 bridgehead atoms. The van der Waals surface area contributed by atoms with Crippen LogP contribution in [-0.4, -0.2) is 10.4 Å². The summed E-state index contributed by atoms with van der Waals surface area (Å²) < 4.78 is 15.5. The van der Waals surface area contributed by atoms with Crippen LogP contribution >= 0.6 is 11.6 Å². The first-order chi connectivity index (χ1) is 10.1. The van der Waals surface area contributed by atoms with E-state index in [1.807, 2.05) is 23.7 Å². The average molecular weight is 302 g/mol. The van der Waals surface area contributed by atoms with Crippen LogP contribution < -0.4 is 0 Å². The van der Waals surface area contributed by atoms with Gasteiger partial charge in [-0.25, -0.2) is 4.39 Å². The maximum absolute atomic E-state index is 13.7. The van der Waals surface area contributed by atoms with Crippen LogP contribution in [0.15, 0.2) is 48.7 Å². The zero-order chi connectivity index (χ0) is 15.0. The minimum Gasteiger partial charge on any atom is -0.350 e. The van der Waals surface area contributed by atoms with Gasteiger partial charge in [-0.1, -0.05) is 35.9 Å². The van der Waals surface area contributed by atoms with Gasteiger partial charge in [0.2, 0.25) is 0 Å². The van der Waals surface area contributed by atoms with E-state index in [0.29, 0.717) is 16.1 Å². The number of carbonyl (C=O) groups excluding carboxylic acids is 1. The van der Waals surface area contributed by atoms with Gasteiger partial charge in [-0.2, -0.15) is 0 Å². The van der Waals surface area contributed by atoms with Gasteiger partial charge in [0.15, 0.2) is 5.78 Å². The number of carbonyl (C=O) groups is 1. The Morgan fingerprint density at radius 1 is 1.24 bits per heavy atom. The Morgan fingerprint density at radius 2 is 2.00 bits per heavy atom. The summed E-state index contributed by atoms with van der Waals surface area (Å²) in [6.07, 6.45) is 1.82. The van der Waals surface area contributed by atoms with Crippen molar-refractivity contribution in [2.75, 3.05) is 0 Å². The number of halogens is 2. The van der Waals surface area contributed by atoms with Gasteiger partial charge in [0, 0.05) is 41.2 Å². The van der Waals surface area contributed by atoms with Crippen molar-refractivity contribution in [1.82, 2.24) is 4.57 Å². The fourth-order valence-electron chi connectivity index (χ4n) is 2.49. The lowest BCUT2D eigenvalue weighted by molar-refractivity contribution is 0.0993. The highest BCUT2D eigenvalue weighted by Gasteiger charge is 2.16. The Kier molecular flexibility index (Phi) is 3.52. The van der Waals surface area contributed by atoms with Gasteiger partial charge in [0.05, 0.1) is 0 Å². The van der Waals surface area contributed by atoms with Crippen LogP contribution in [0.25, 0.3) is 10.9 Å². The van der Waals surface area contributed by atoms with Crippen LogP contribution in [0.5, 0.6) is 0 Å². The highest BCUT2D eigenvalue weighted by Crippen LogP contribution is 2.25. The van der Waals surface area contributed by atoms with Crippen LogP contribution in [0, 0.1) is 5.82 Å². The normalized spacial score (nSPS) is 11.0. The summed E-state index contributed by atoms with van der Waals surface area (Å²) in [5.74, 6) is -0.456. The van der Waals surface area contributed by atoms with Crippen molar-refractivity contribution in [1.29, 1.82) is 0 Å². The second kappa shape index (κ2) is 5.34. The smallest absolute Gasteiger partial charge is 0.169 e. The van der Waals surface area contributed by atoms with Gasteiger partial charge in [-0.15, -0.1) is 0 Å². The molecule has 106 valence electrons. The van der Waals surface area contributed by atoms with E-state index in [1.165, 1.54) is 6.07 Å². The van der Waals surface area contributed by atoms with Crippen molar-refractivity contribution in [2.24, 2.45) is 7.05 Å². The lowest BCUT2D eigenvalue weighted by Crippen LogP contribution is -2.04. The van der Waals surface area contributed by atoms with E-state index in [1.54, 1.807) is 30.5 Å². The quantitative estimate of drug-likeness (QED) is 0.657. The van der Waals surface area contributed by atoms with E-state index in [0.717, 1.165) is 10.9 Å². The SMILES string of the molecule is Cn1cc(C(=O)Cc2ccccc2F)c2ccc(Cl)cc21. The third kappa shape index (κ3) is 2.57. The zero-order valence-electron chi connectivity index (χ0n) is 11.4. The molecular formula is C17H13ClFNO. The molecule has 0 radical (unpaired) electrons. The molecule has 0 aliphatic carbocycles. The Balaban J connectivity index is 2.01. The molecule has 0 spiro atoms. The van der Waals surface area contributed by atoms with Crippen molar-refractivity contribution in [3.8, 4) is 0 Å². The van der Waals surface area contributed by atoms with Crippen LogP contribution in [0.1, 0.15) is 15.9 Å². The number of ketones is 1. The maximum atomic E-state index is 13.7. The monoisotopic (exact) mass is 301 g/mol. The lowest BCUT2D eigenvalue weighted by Gasteiger charge is -2.02. The number of aryl methyl sites for hydroxylation is 1. The van der Waals surface area contributed by atoms with E-state index in [9.17, 15) is 9.18 Å². The Bertz CT molecular complexity index is 838. The summed E-state index contributed by atoms with van der Waals surface area (Å²) in [5, 5.41) is 1.46. The number of Topliss-reactive ketones (excluding diaryl/α,β-unsaturated/α-hetero) is 1. The van der Waals surface area contributed by atoms with Crippen molar-refractivity contribution in [3.63, 3.8) is 0 Å². The number of benzene rings is 2. The highest BCUT2D eigenvalue weighted by atomic mass is 35.5. The molecule has 3 aromatic rings. The standard InChI is InChI=1S/C17H13ClFNO/c1-20-10-14(13-7-6-12(18)9-16(13)20)17(21)8-11-4-2-3-5-15(11)19/h2-7,9-10H,8H2,1H3. The Labute approximate surface area is 126 Å². The van der Waals surface area contributed by atoms with Crippen molar-refractivity contribution in [2.45, 2.75) is 6.42 Å². The molecule has 3 rings (SSSR count). The van der Waals surface area contributed by atoms with E-state index >= 15 is 0 Å². The number of fused-ring (bicyclic) bond motifs is 1. The second-order valence-corrected chi connectivity index (χ2v) is 5.44. The third-order valence-corrected chi connectivity index (χ3v) is 3.80. The van der Waals surface area contributed by atoms with Crippen molar-refractivity contribution in [3.05, 3.63) is 70.6 Å². The fraction of sp³-hybridized carbons (Fsp3) is 0.118. The van der Waals surface area contributed by atoms with Gasteiger partial charge in [-0.3, -0.25) is 4.79 Å². The largest absolute Gasteiger partial charge is 0.350 e. The fourth-order valence-corrected chi connectivity index (χ4v) is 2.66.